The molecule has 0 fully saturated rings. The molecule has 0 unspecified atom stereocenters. The van der Waals surface area contributed by atoms with Crippen molar-refractivity contribution in [3.8, 4) is 5.75 Å². The van der Waals surface area contributed by atoms with Crippen molar-refractivity contribution < 1.29 is 14.3 Å². The maximum Gasteiger partial charge on any atom is 0.268 e. The van der Waals surface area contributed by atoms with E-state index in [0.29, 0.717) is 28.5 Å². The molecule has 0 radical (unpaired) electrons. The first-order valence-corrected chi connectivity index (χ1v) is 10.3. The summed E-state index contributed by atoms with van der Waals surface area (Å²) < 4.78 is 5.17. The normalized spacial score (nSPS) is 14.4. The van der Waals surface area contributed by atoms with E-state index in [2.05, 4.69) is 0 Å². The first kappa shape index (κ1) is 20.5. The summed E-state index contributed by atoms with van der Waals surface area (Å²) in [7, 11) is 1.62. The lowest BCUT2D eigenvalue weighted by atomic mass is 10.1. The Kier molecular flexibility index (Phi) is 6.47. The van der Waals surface area contributed by atoms with Crippen molar-refractivity contribution in [1.29, 1.82) is 0 Å². The van der Waals surface area contributed by atoms with Crippen molar-refractivity contribution >= 4 is 40.8 Å². The summed E-state index contributed by atoms with van der Waals surface area (Å²) in [5, 5.41) is 0.783. The summed E-state index contributed by atoms with van der Waals surface area (Å²) in [5.41, 5.74) is 2.23. The molecule has 0 spiro atoms. The van der Waals surface area contributed by atoms with Crippen LogP contribution in [0.25, 0.3) is 5.57 Å². The fraction of sp³-hybridized carbons (Fsp3) is 0.273. The molecule has 6 heteroatoms. The second-order valence-electron chi connectivity index (χ2n) is 6.74. The zero-order valence-corrected chi connectivity index (χ0v) is 17.6. The fourth-order valence-electron chi connectivity index (χ4n) is 3.01. The average molecular weight is 416 g/mol. The van der Waals surface area contributed by atoms with Crippen molar-refractivity contribution in [1.82, 2.24) is 4.90 Å². The molecule has 1 heterocycles. The van der Waals surface area contributed by atoms with Gasteiger partial charge in [0.2, 0.25) is 0 Å². The molecule has 0 saturated carbocycles. The molecule has 2 aromatic rings. The number of carbonyl (C=O) groups excluding carboxylic acids is 2. The first-order chi connectivity index (χ1) is 13.4. The third kappa shape index (κ3) is 4.42. The van der Waals surface area contributed by atoms with Crippen LogP contribution in [0.5, 0.6) is 5.75 Å². The van der Waals surface area contributed by atoms with Crippen LogP contribution in [0.3, 0.4) is 0 Å². The number of benzene rings is 2. The number of rotatable bonds is 7. The van der Waals surface area contributed by atoms with Gasteiger partial charge in [-0.1, -0.05) is 49.7 Å². The van der Waals surface area contributed by atoms with Crippen molar-refractivity contribution in [2.45, 2.75) is 25.5 Å². The van der Waals surface area contributed by atoms with E-state index in [1.54, 1.807) is 31.4 Å². The number of ether oxygens (including phenoxy) is 1. The number of imide groups is 1. The third-order valence-electron chi connectivity index (χ3n) is 4.40. The molecular formula is C22H22ClNO3S. The number of halogens is 1. The molecule has 2 amide bonds. The maximum atomic E-state index is 13.1. The summed E-state index contributed by atoms with van der Waals surface area (Å²) in [6.07, 6.45) is 0.592. The van der Waals surface area contributed by atoms with Crippen molar-refractivity contribution in [2.75, 3.05) is 13.7 Å². The van der Waals surface area contributed by atoms with Gasteiger partial charge in [0.15, 0.2) is 0 Å². The minimum atomic E-state index is -0.246. The van der Waals surface area contributed by atoms with Gasteiger partial charge >= 0.3 is 0 Å². The summed E-state index contributed by atoms with van der Waals surface area (Å²) in [6, 6.07) is 14.7. The second kappa shape index (κ2) is 8.84. The molecule has 0 atom stereocenters. The van der Waals surface area contributed by atoms with Gasteiger partial charge < -0.3 is 4.74 Å². The van der Waals surface area contributed by atoms with Crippen LogP contribution in [0.4, 0.5) is 0 Å². The second-order valence-corrected chi connectivity index (χ2v) is 8.76. The lowest BCUT2D eigenvalue weighted by Crippen LogP contribution is -2.33. The Morgan fingerprint density at radius 2 is 1.64 bits per heavy atom. The van der Waals surface area contributed by atoms with E-state index >= 15 is 0 Å². The largest absolute Gasteiger partial charge is 0.497 e. The highest BCUT2D eigenvalue weighted by Gasteiger charge is 2.39. The molecular weight excluding hydrogens is 394 g/mol. The number of amides is 2. The minimum Gasteiger partial charge on any atom is -0.497 e. The van der Waals surface area contributed by atoms with Gasteiger partial charge in [0.05, 0.1) is 17.6 Å². The predicted octanol–water partition coefficient (Wildman–Crippen LogP) is 4.81. The van der Waals surface area contributed by atoms with Gasteiger partial charge in [0.25, 0.3) is 11.8 Å². The van der Waals surface area contributed by atoms with Crippen LogP contribution in [0.2, 0.25) is 5.02 Å². The molecule has 1 aliphatic heterocycles. The lowest BCUT2D eigenvalue weighted by Gasteiger charge is -2.15. The Balaban J connectivity index is 1.83. The Hall–Kier alpha value is -2.24. The fourth-order valence-corrected chi connectivity index (χ4v) is 4.14. The monoisotopic (exact) mass is 415 g/mol. The zero-order valence-electron chi connectivity index (χ0n) is 16.1. The molecule has 146 valence electrons. The highest BCUT2D eigenvalue weighted by molar-refractivity contribution is 8.04. The Morgan fingerprint density at radius 3 is 2.21 bits per heavy atom. The van der Waals surface area contributed by atoms with Gasteiger partial charge in [-0.25, -0.2) is 0 Å². The first-order valence-electron chi connectivity index (χ1n) is 9.06. The molecule has 4 nitrogen and oxygen atoms in total. The Labute approximate surface area is 174 Å². The molecule has 28 heavy (non-hydrogen) atoms. The summed E-state index contributed by atoms with van der Waals surface area (Å²) in [5.74, 6) is 0.311. The van der Waals surface area contributed by atoms with Gasteiger partial charge in [-0.2, -0.15) is 0 Å². The van der Waals surface area contributed by atoms with Crippen LogP contribution in [-0.2, 0) is 16.0 Å². The van der Waals surface area contributed by atoms with Crippen molar-refractivity contribution in [3.63, 3.8) is 0 Å². The number of hydrogen-bond acceptors (Lipinski definition) is 4. The standard InChI is InChI=1S/C22H22ClNO3S/c1-14(2)28-20-19(16-6-8-17(23)9-7-16)21(25)24(22(20)26)13-12-15-4-10-18(27-3)11-5-15/h4-11,14H,12-13H2,1-3H3. The SMILES string of the molecule is COc1ccc(CCN2C(=O)C(SC(C)C)=C(c3ccc(Cl)cc3)C2=O)cc1. The molecule has 0 aliphatic carbocycles. The van der Waals surface area contributed by atoms with E-state index in [1.165, 1.54) is 16.7 Å². The highest BCUT2D eigenvalue weighted by atomic mass is 35.5. The van der Waals surface area contributed by atoms with E-state index in [1.807, 2.05) is 38.1 Å². The summed E-state index contributed by atoms with van der Waals surface area (Å²) >= 11 is 7.41. The number of carbonyl (C=O) groups is 2. The molecule has 2 aromatic carbocycles. The van der Waals surface area contributed by atoms with Crippen LogP contribution in [0, 0.1) is 0 Å². The lowest BCUT2D eigenvalue weighted by molar-refractivity contribution is -0.136. The van der Waals surface area contributed by atoms with Crippen LogP contribution >= 0.6 is 23.4 Å². The highest BCUT2D eigenvalue weighted by Crippen LogP contribution is 2.38. The molecule has 1 aliphatic rings. The quantitative estimate of drug-likeness (QED) is 0.608. The molecule has 0 saturated heterocycles. The van der Waals surface area contributed by atoms with Crippen LogP contribution in [0.15, 0.2) is 53.4 Å². The average Bonchev–Trinajstić information content (AvgIpc) is 2.90. The van der Waals surface area contributed by atoms with E-state index in [-0.39, 0.29) is 17.1 Å². The van der Waals surface area contributed by atoms with E-state index in [4.69, 9.17) is 16.3 Å². The van der Waals surface area contributed by atoms with Crippen molar-refractivity contribution in [2.24, 2.45) is 0 Å². The molecule has 0 aromatic heterocycles. The number of nitrogens with zero attached hydrogens (tertiary/aromatic N) is 1. The van der Waals surface area contributed by atoms with Crippen LogP contribution < -0.4 is 4.74 Å². The van der Waals surface area contributed by atoms with Crippen LogP contribution in [-0.4, -0.2) is 35.6 Å². The zero-order chi connectivity index (χ0) is 20.3. The van der Waals surface area contributed by atoms with E-state index in [0.717, 1.165) is 16.9 Å². The smallest absolute Gasteiger partial charge is 0.268 e. The summed E-state index contributed by atoms with van der Waals surface area (Å²) in [6.45, 7) is 4.35. The van der Waals surface area contributed by atoms with Gasteiger partial charge in [-0.15, -0.1) is 11.8 Å². The molecule has 0 N–H and O–H groups in total. The van der Waals surface area contributed by atoms with Gasteiger partial charge in [-0.3, -0.25) is 14.5 Å². The minimum absolute atomic E-state index is 0.190. The van der Waals surface area contributed by atoms with E-state index in [9.17, 15) is 9.59 Å². The maximum absolute atomic E-state index is 13.1. The number of thioether (sulfide) groups is 1. The molecule has 0 bridgehead atoms. The van der Waals surface area contributed by atoms with Gasteiger partial charge in [-0.05, 0) is 41.8 Å². The van der Waals surface area contributed by atoms with Crippen LogP contribution in [0.1, 0.15) is 25.0 Å². The third-order valence-corrected chi connectivity index (χ3v) is 5.73. The van der Waals surface area contributed by atoms with Gasteiger partial charge in [0.1, 0.15) is 5.75 Å². The van der Waals surface area contributed by atoms with E-state index < -0.39 is 0 Å². The Bertz CT molecular complexity index is 904. The summed E-state index contributed by atoms with van der Waals surface area (Å²) in [4.78, 5) is 28.0. The Morgan fingerprint density at radius 1 is 1.00 bits per heavy atom. The number of hydrogen-bond donors (Lipinski definition) is 0. The molecule has 3 rings (SSSR count). The number of methoxy groups -OCH3 is 1. The van der Waals surface area contributed by atoms with Gasteiger partial charge in [0, 0.05) is 16.8 Å². The van der Waals surface area contributed by atoms with Crippen molar-refractivity contribution in [3.05, 3.63) is 69.6 Å². The topological polar surface area (TPSA) is 46.6 Å². The predicted molar refractivity (Wildman–Crippen MR) is 115 cm³/mol.